The van der Waals surface area contributed by atoms with E-state index in [1.54, 1.807) is 0 Å². The van der Waals surface area contributed by atoms with Gasteiger partial charge in [-0.2, -0.15) is 0 Å². The molecule has 3 nitrogen and oxygen atoms in total. The maximum atomic E-state index is 12.3. The lowest BCUT2D eigenvalue weighted by atomic mass is 9.90. The monoisotopic (exact) mass is 435 g/mol. The Bertz CT molecular complexity index is 649. The van der Waals surface area contributed by atoms with Gasteiger partial charge in [0.05, 0.1) is 0 Å². The highest BCUT2D eigenvalue weighted by Gasteiger charge is 2.23. The zero-order valence-corrected chi connectivity index (χ0v) is 15.8. The van der Waals surface area contributed by atoms with E-state index in [0.717, 1.165) is 41.7 Å². The van der Waals surface area contributed by atoms with Crippen LogP contribution in [0.25, 0.3) is 0 Å². The van der Waals surface area contributed by atoms with Gasteiger partial charge in [0.15, 0.2) is 6.61 Å². The average molecular weight is 435 g/mol. The molecule has 2 aromatic carbocycles. The van der Waals surface area contributed by atoms with Crippen molar-refractivity contribution in [1.29, 1.82) is 0 Å². The summed E-state index contributed by atoms with van der Waals surface area (Å²) < 4.78 is 6.76. The van der Waals surface area contributed by atoms with Gasteiger partial charge in [0, 0.05) is 16.7 Å². The number of rotatable bonds is 5. The molecule has 126 valence electrons. The molecule has 0 aromatic heterocycles. The van der Waals surface area contributed by atoms with Crippen molar-refractivity contribution in [1.82, 2.24) is 4.90 Å². The number of piperidine rings is 1. The third kappa shape index (κ3) is 4.97. The van der Waals surface area contributed by atoms with Gasteiger partial charge in [0.1, 0.15) is 5.75 Å². The van der Waals surface area contributed by atoms with Crippen molar-refractivity contribution >= 4 is 28.5 Å². The first-order chi connectivity index (χ1) is 11.7. The van der Waals surface area contributed by atoms with Gasteiger partial charge in [-0.25, -0.2) is 0 Å². The summed E-state index contributed by atoms with van der Waals surface area (Å²) >= 11 is 2.25. The van der Waals surface area contributed by atoms with Crippen LogP contribution in [0.4, 0.5) is 0 Å². The maximum absolute atomic E-state index is 12.3. The largest absolute Gasteiger partial charge is 0.484 e. The van der Waals surface area contributed by atoms with Gasteiger partial charge in [-0.05, 0) is 77.6 Å². The summed E-state index contributed by atoms with van der Waals surface area (Å²) in [5.74, 6) is 1.52. The number of hydrogen-bond donors (Lipinski definition) is 0. The number of carbonyl (C=O) groups excluding carboxylic acids is 1. The number of hydrogen-bond acceptors (Lipinski definition) is 2. The van der Waals surface area contributed by atoms with E-state index < -0.39 is 0 Å². The highest BCUT2D eigenvalue weighted by atomic mass is 127. The number of ether oxygens (including phenoxy) is 1. The van der Waals surface area contributed by atoms with Crippen molar-refractivity contribution in [2.75, 3.05) is 19.7 Å². The first-order valence-electron chi connectivity index (χ1n) is 8.41. The Hall–Kier alpha value is -1.56. The summed E-state index contributed by atoms with van der Waals surface area (Å²) in [6.45, 7) is 1.81. The molecule has 1 saturated heterocycles. The molecule has 0 spiro atoms. The van der Waals surface area contributed by atoms with E-state index in [2.05, 4.69) is 52.9 Å². The number of halogens is 1. The zero-order valence-electron chi connectivity index (χ0n) is 13.7. The molecule has 24 heavy (non-hydrogen) atoms. The molecule has 0 aliphatic carbocycles. The molecule has 1 aliphatic heterocycles. The lowest BCUT2D eigenvalue weighted by Gasteiger charge is -2.32. The van der Waals surface area contributed by atoms with Crippen molar-refractivity contribution < 1.29 is 9.53 Å². The quantitative estimate of drug-likeness (QED) is 0.661. The topological polar surface area (TPSA) is 29.5 Å². The molecule has 3 rings (SSSR count). The van der Waals surface area contributed by atoms with Crippen LogP contribution >= 0.6 is 22.6 Å². The minimum atomic E-state index is 0.0895. The SMILES string of the molecule is O=C(COc1ccc(I)cc1)N1CCC(Cc2ccccc2)CC1. The van der Waals surface area contributed by atoms with Crippen molar-refractivity contribution in [3.8, 4) is 5.75 Å². The van der Waals surface area contributed by atoms with Crippen LogP contribution in [-0.2, 0) is 11.2 Å². The van der Waals surface area contributed by atoms with Gasteiger partial charge in [0.2, 0.25) is 0 Å². The average Bonchev–Trinajstić information content (AvgIpc) is 2.62. The second-order valence-corrected chi connectivity index (χ2v) is 7.50. The Morgan fingerprint density at radius 1 is 1.04 bits per heavy atom. The third-order valence-corrected chi connectivity index (χ3v) is 5.23. The van der Waals surface area contributed by atoms with Crippen LogP contribution in [0.15, 0.2) is 54.6 Å². The van der Waals surface area contributed by atoms with E-state index in [1.165, 1.54) is 5.56 Å². The van der Waals surface area contributed by atoms with Gasteiger partial charge >= 0.3 is 0 Å². The fourth-order valence-corrected chi connectivity index (χ4v) is 3.46. The first-order valence-corrected chi connectivity index (χ1v) is 9.48. The molecule has 2 aromatic rings. The zero-order chi connectivity index (χ0) is 16.8. The normalized spacial score (nSPS) is 15.3. The van der Waals surface area contributed by atoms with Crippen molar-refractivity contribution in [2.24, 2.45) is 5.92 Å². The van der Waals surface area contributed by atoms with Gasteiger partial charge < -0.3 is 9.64 Å². The molecule has 0 unspecified atom stereocenters. The van der Waals surface area contributed by atoms with Crippen molar-refractivity contribution in [2.45, 2.75) is 19.3 Å². The summed E-state index contributed by atoms with van der Waals surface area (Å²) in [4.78, 5) is 14.2. The molecule has 0 bridgehead atoms. The van der Waals surface area contributed by atoms with E-state index >= 15 is 0 Å². The van der Waals surface area contributed by atoms with Crippen LogP contribution in [0.5, 0.6) is 5.75 Å². The first kappa shape index (κ1) is 17.3. The lowest BCUT2D eigenvalue weighted by molar-refractivity contribution is -0.134. The number of carbonyl (C=O) groups is 1. The Kier molecular flexibility index (Phi) is 6.12. The molecular weight excluding hydrogens is 413 g/mol. The standard InChI is InChI=1S/C20H22INO2/c21-18-6-8-19(9-7-18)24-15-20(23)22-12-10-17(11-13-22)14-16-4-2-1-3-5-16/h1-9,17H,10-15H2. The lowest BCUT2D eigenvalue weighted by Crippen LogP contribution is -2.41. The van der Waals surface area contributed by atoms with Crippen LogP contribution in [0.2, 0.25) is 0 Å². The Balaban J connectivity index is 1.42. The molecule has 0 radical (unpaired) electrons. The van der Waals surface area contributed by atoms with Gasteiger partial charge in [-0.15, -0.1) is 0 Å². The van der Waals surface area contributed by atoms with Crippen LogP contribution < -0.4 is 4.74 Å². The fourth-order valence-electron chi connectivity index (χ4n) is 3.10. The molecule has 4 heteroatoms. The summed E-state index contributed by atoms with van der Waals surface area (Å²) in [6, 6.07) is 18.4. The molecule has 1 aliphatic rings. The maximum Gasteiger partial charge on any atom is 0.260 e. The van der Waals surface area contributed by atoms with E-state index in [-0.39, 0.29) is 12.5 Å². The van der Waals surface area contributed by atoms with E-state index in [1.807, 2.05) is 29.2 Å². The molecule has 1 fully saturated rings. The molecule has 0 saturated carbocycles. The highest BCUT2D eigenvalue weighted by Crippen LogP contribution is 2.22. The minimum absolute atomic E-state index is 0.0895. The molecule has 0 N–H and O–H groups in total. The molecule has 0 atom stereocenters. The van der Waals surface area contributed by atoms with Crippen molar-refractivity contribution in [3.05, 3.63) is 63.7 Å². The van der Waals surface area contributed by atoms with Crippen LogP contribution in [0, 0.1) is 9.49 Å². The van der Waals surface area contributed by atoms with E-state index in [4.69, 9.17) is 4.74 Å². The predicted octanol–water partition coefficient (Wildman–Crippen LogP) is 4.15. The van der Waals surface area contributed by atoms with E-state index in [0.29, 0.717) is 5.92 Å². The summed E-state index contributed by atoms with van der Waals surface area (Å²) in [5, 5.41) is 0. The second kappa shape index (κ2) is 8.51. The highest BCUT2D eigenvalue weighted by molar-refractivity contribution is 14.1. The number of nitrogens with zero attached hydrogens (tertiary/aromatic N) is 1. The number of amides is 1. The molecule has 1 heterocycles. The smallest absolute Gasteiger partial charge is 0.260 e. The summed E-state index contributed by atoms with van der Waals surface area (Å²) in [7, 11) is 0. The van der Waals surface area contributed by atoms with E-state index in [9.17, 15) is 4.79 Å². The Labute approximate surface area is 157 Å². The third-order valence-electron chi connectivity index (χ3n) is 4.51. The number of benzene rings is 2. The molecule has 1 amide bonds. The van der Waals surface area contributed by atoms with Crippen LogP contribution in [0.3, 0.4) is 0 Å². The van der Waals surface area contributed by atoms with Gasteiger partial charge in [-0.1, -0.05) is 30.3 Å². The summed E-state index contributed by atoms with van der Waals surface area (Å²) in [5.41, 5.74) is 1.39. The fraction of sp³-hybridized carbons (Fsp3) is 0.350. The number of likely N-dealkylation sites (tertiary alicyclic amines) is 1. The second-order valence-electron chi connectivity index (χ2n) is 6.26. The predicted molar refractivity (Wildman–Crippen MR) is 104 cm³/mol. The van der Waals surface area contributed by atoms with Gasteiger partial charge in [0.25, 0.3) is 5.91 Å². The van der Waals surface area contributed by atoms with Crippen LogP contribution in [0.1, 0.15) is 18.4 Å². The Morgan fingerprint density at radius 3 is 2.38 bits per heavy atom. The molecular formula is C20H22INO2. The Morgan fingerprint density at radius 2 is 1.71 bits per heavy atom. The summed E-state index contributed by atoms with van der Waals surface area (Å²) in [6.07, 6.45) is 3.26. The van der Waals surface area contributed by atoms with Crippen LogP contribution in [-0.4, -0.2) is 30.5 Å². The minimum Gasteiger partial charge on any atom is -0.484 e. The van der Waals surface area contributed by atoms with Crippen molar-refractivity contribution in [3.63, 3.8) is 0 Å². The van der Waals surface area contributed by atoms with Gasteiger partial charge in [-0.3, -0.25) is 4.79 Å².